The number of hydrogen-bond acceptors (Lipinski definition) is 3. The zero-order chi connectivity index (χ0) is 9.42. The first-order valence-corrected chi connectivity index (χ1v) is 4.55. The first-order chi connectivity index (χ1) is 6.22. The highest BCUT2D eigenvalue weighted by Crippen LogP contribution is 2.22. The maximum absolute atomic E-state index is 5.02. The van der Waals surface area contributed by atoms with E-state index < -0.39 is 0 Å². The Morgan fingerprint density at radius 1 is 1.46 bits per heavy atom. The van der Waals surface area contributed by atoms with E-state index in [0.717, 1.165) is 15.6 Å². The van der Waals surface area contributed by atoms with Crippen molar-refractivity contribution in [1.29, 1.82) is 0 Å². The first-order valence-electron chi connectivity index (χ1n) is 3.75. The first kappa shape index (κ1) is 8.50. The van der Waals surface area contributed by atoms with Gasteiger partial charge in [0, 0.05) is 13.1 Å². The van der Waals surface area contributed by atoms with E-state index in [1.165, 1.54) is 0 Å². The lowest BCUT2D eigenvalue weighted by Gasteiger charge is -1.97. The average molecular weight is 242 g/mol. The van der Waals surface area contributed by atoms with E-state index in [9.17, 15) is 0 Å². The molecule has 0 saturated heterocycles. The number of hydrogen-bond donors (Lipinski definition) is 0. The highest BCUT2D eigenvalue weighted by molar-refractivity contribution is 9.10. The van der Waals surface area contributed by atoms with Crippen LogP contribution in [0.4, 0.5) is 0 Å². The van der Waals surface area contributed by atoms with Crippen LogP contribution < -0.4 is 4.74 Å². The van der Waals surface area contributed by atoms with E-state index in [1.54, 1.807) is 11.8 Å². The van der Waals surface area contributed by atoms with E-state index in [0.29, 0.717) is 5.88 Å². The highest BCUT2D eigenvalue weighted by atomic mass is 79.9. The fourth-order valence-corrected chi connectivity index (χ4v) is 1.73. The number of aromatic nitrogens is 3. The quantitative estimate of drug-likeness (QED) is 0.764. The molecule has 0 amide bonds. The maximum Gasteiger partial charge on any atom is 0.214 e. The molecule has 0 N–H and O–H groups in total. The van der Waals surface area contributed by atoms with Crippen LogP contribution in [0.5, 0.6) is 5.88 Å². The van der Waals surface area contributed by atoms with Gasteiger partial charge in [0.1, 0.15) is 4.60 Å². The minimum atomic E-state index is 0.600. The summed E-state index contributed by atoms with van der Waals surface area (Å²) in [4.78, 5) is 4.26. The lowest BCUT2D eigenvalue weighted by Crippen LogP contribution is -1.93. The van der Waals surface area contributed by atoms with Gasteiger partial charge in [0.15, 0.2) is 5.65 Å². The van der Waals surface area contributed by atoms with Crippen molar-refractivity contribution in [2.45, 2.75) is 0 Å². The number of rotatable bonds is 1. The molecule has 0 fully saturated rings. The molecule has 2 rings (SSSR count). The summed E-state index contributed by atoms with van der Waals surface area (Å²) in [5, 5.41) is 5.17. The van der Waals surface area contributed by atoms with Crippen LogP contribution in [0, 0.1) is 0 Å². The van der Waals surface area contributed by atoms with E-state index in [2.05, 4.69) is 26.0 Å². The van der Waals surface area contributed by atoms with Crippen molar-refractivity contribution < 1.29 is 4.74 Å². The largest absolute Gasteiger partial charge is 0.481 e. The summed E-state index contributed by atoms with van der Waals surface area (Å²) in [6, 6.07) is 3.74. The average Bonchev–Trinajstić information content (AvgIpc) is 2.42. The molecule has 68 valence electrons. The lowest BCUT2D eigenvalue weighted by molar-refractivity contribution is 0.399. The maximum atomic E-state index is 5.02. The predicted molar refractivity (Wildman–Crippen MR) is 52.8 cm³/mol. The van der Waals surface area contributed by atoms with Gasteiger partial charge >= 0.3 is 0 Å². The molecule has 2 heterocycles. The SMILES string of the molecule is COc1ccc2c(Br)nn(C)c2n1. The normalized spacial score (nSPS) is 10.7. The van der Waals surface area contributed by atoms with Crippen molar-refractivity contribution in [2.75, 3.05) is 7.11 Å². The molecule has 0 spiro atoms. The Labute approximate surface area is 83.7 Å². The Morgan fingerprint density at radius 2 is 2.23 bits per heavy atom. The number of nitrogens with zero attached hydrogens (tertiary/aromatic N) is 3. The number of methoxy groups -OCH3 is 1. The summed E-state index contributed by atoms with van der Waals surface area (Å²) in [7, 11) is 3.44. The Bertz CT molecular complexity index is 452. The summed E-state index contributed by atoms with van der Waals surface area (Å²) in [5.41, 5.74) is 0.811. The number of ether oxygens (including phenoxy) is 1. The van der Waals surface area contributed by atoms with Crippen molar-refractivity contribution in [3.05, 3.63) is 16.7 Å². The molecule has 0 aliphatic rings. The molecule has 2 aromatic heterocycles. The third-order valence-electron chi connectivity index (χ3n) is 1.83. The summed E-state index contributed by atoms with van der Waals surface area (Å²) in [6.07, 6.45) is 0. The minimum Gasteiger partial charge on any atom is -0.481 e. The summed E-state index contributed by atoms with van der Waals surface area (Å²) < 4.78 is 7.53. The van der Waals surface area contributed by atoms with Crippen molar-refractivity contribution in [3.8, 4) is 5.88 Å². The van der Waals surface area contributed by atoms with Gasteiger partial charge in [-0.3, -0.25) is 0 Å². The number of pyridine rings is 1. The molecule has 4 nitrogen and oxygen atoms in total. The molecule has 0 atom stereocenters. The van der Waals surface area contributed by atoms with Gasteiger partial charge in [0.25, 0.3) is 0 Å². The molecule has 2 aromatic rings. The Morgan fingerprint density at radius 3 is 2.92 bits per heavy atom. The van der Waals surface area contributed by atoms with E-state index >= 15 is 0 Å². The van der Waals surface area contributed by atoms with Crippen LogP contribution in [0.1, 0.15) is 0 Å². The second-order valence-electron chi connectivity index (χ2n) is 2.64. The van der Waals surface area contributed by atoms with Crippen LogP contribution in [0.15, 0.2) is 16.7 Å². The second-order valence-corrected chi connectivity index (χ2v) is 3.39. The van der Waals surface area contributed by atoms with Crippen LogP contribution in [-0.4, -0.2) is 21.9 Å². The molecule has 0 saturated carbocycles. The number of fused-ring (bicyclic) bond motifs is 1. The summed E-state index contributed by atoms with van der Waals surface area (Å²) >= 11 is 3.35. The smallest absolute Gasteiger partial charge is 0.214 e. The van der Waals surface area contributed by atoms with Crippen molar-refractivity contribution >= 4 is 27.0 Å². The van der Waals surface area contributed by atoms with Crippen molar-refractivity contribution in [1.82, 2.24) is 14.8 Å². The van der Waals surface area contributed by atoms with Gasteiger partial charge in [-0.1, -0.05) is 0 Å². The molecule has 5 heteroatoms. The van der Waals surface area contributed by atoms with Gasteiger partial charge in [-0.15, -0.1) is 0 Å². The zero-order valence-electron chi connectivity index (χ0n) is 7.28. The topological polar surface area (TPSA) is 39.9 Å². The highest BCUT2D eigenvalue weighted by Gasteiger charge is 2.07. The molecule has 0 bridgehead atoms. The lowest BCUT2D eigenvalue weighted by atomic mass is 10.3. The third kappa shape index (κ3) is 1.29. The van der Waals surface area contributed by atoms with Crippen molar-refractivity contribution in [3.63, 3.8) is 0 Å². The molecule has 0 radical (unpaired) electrons. The van der Waals surface area contributed by atoms with Gasteiger partial charge in [0.05, 0.1) is 12.5 Å². The van der Waals surface area contributed by atoms with E-state index in [-0.39, 0.29) is 0 Å². The monoisotopic (exact) mass is 241 g/mol. The van der Waals surface area contributed by atoms with Gasteiger partial charge < -0.3 is 4.74 Å². The molecule has 0 unspecified atom stereocenters. The molecule has 0 aliphatic carbocycles. The molecule has 13 heavy (non-hydrogen) atoms. The van der Waals surface area contributed by atoms with Crippen LogP contribution in [0.25, 0.3) is 11.0 Å². The second kappa shape index (κ2) is 2.99. The zero-order valence-corrected chi connectivity index (χ0v) is 8.87. The number of halogens is 1. The third-order valence-corrected chi connectivity index (χ3v) is 2.41. The molecule has 0 aromatic carbocycles. The number of aryl methyl sites for hydroxylation is 1. The van der Waals surface area contributed by atoms with Crippen LogP contribution in [0.2, 0.25) is 0 Å². The van der Waals surface area contributed by atoms with E-state index in [4.69, 9.17) is 4.74 Å². The fourth-order valence-electron chi connectivity index (χ4n) is 1.19. The molecular formula is C8H8BrN3O. The Balaban J connectivity index is 2.76. The fraction of sp³-hybridized carbons (Fsp3) is 0.250. The summed E-state index contributed by atoms with van der Waals surface area (Å²) in [5.74, 6) is 0.600. The predicted octanol–water partition coefficient (Wildman–Crippen LogP) is 1.74. The molecule has 0 aliphatic heterocycles. The minimum absolute atomic E-state index is 0.600. The van der Waals surface area contributed by atoms with Gasteiger partial charge in [-0.05, 0) is 22.0 Å². The Hall–Kier alpha value is -1.10. The standard InChI is InChI=1S/C8H8BrN3O/c1-12-8-5(7(9)11-12)3-4-6(10-8)13-2/h3-4H,1-2H3. The van der Waals surface area contributed by atoms with Crippen molar-refractivity contribution in [2.24, 2.45) is 7.05 Å². The summed E-state index contributed by atoms with van der Waals surface area (Å²) in [6.45, 7) is 0. The van der Waals surface area contributed by atoms with Gasteiger partial charge in [-0.2, -0.15) is 10.1 Å². The van der Waals surface area contributed by atoms with Crippen LogP contribution >= 0.6 is 15.9 Å². The molecular weight excluding hydrogens is 234 g/mol. The van der Waals surface area contributed by atoms with Crippen LogP contribution in [-0.2, 0) is 7.05 Å². The van der Waals surface area contributed by atoms with E-state index in [1.807, 2.05) is 19.2 Å². The Kier molecular flexibility index (Phi) is 1.95. The van der Waals surface area contributed by atoms with Crippen LogP contribution in [0.3, 0.4) is 0 Å². The van der Waals surface area contributed by atoms with Gasteiger partial charge in [0.2, 0.25) is 5.88 Å². The van der Waals surface area contributed by atoms with Gasteiger partial charge in [-0.25, -0.2) is 4.68 Å².